The molecule has 188 valence electrons. The highest BCUT2D eigenvalue weighted by Gasteiger charge is 2.67. The maximum absolute atomic E-state index is 13.6. The monoisotopic (exact) mass is 481 g/mol. The van der Waals surface area contributed by atoms with Gasteiger partial charge in [0, 0.05) is 25.7 Å². The van der Waals surface area contributed by atoms with Crippen molar-refractivity contribution in [3.8, 4) is 0 Å². The molecule has 0 aromatic heterocycles. The highest BCUT2D eigenvalue weighted by Crippen LogP contribution is 2.69. The molecule has 8 rings (SSSR count). The first-order valence-electron chi connectivity index (χ1n) is 14.5. The number of nitrogens with zero attached hydrogens (tertiary/aromatic N) is 1. The predicted octanol–water partition coefficient (Wildman–Crippen LogP) is 7.56. The Morgan fingerprint density at radius 3 is 2.61 bits per heavy atom. The van der Waals surface area contributed by atoms with Gasteiger partial charge in [-0.15, -0.1) is 0 Å². The van der Waals surface area contributed by atoms with Crippen LogP contribution in [0, 0.1) is 16.5 Å². The Balaban J connectivity index is 1.15. The van der Waals surface area contributed by atoms with Gasteiger partial charge in [0.15, 0.2) is 0 Å². The topological polar surface area (TPSA) is 32.3 Å². The zero-order chi connectivity index (χ0) is 24.3. The fourth-order valence-electron chi connectivity index (χ4n) is 9.68. The van der Waals surface area contributed by atoms with Gasteiger partial charge in [0.05, 0.1) is 30.3 Å². The van der Waals surface area contributed by atoms with E-state index in [0.717, 1.165) is 51.4 Å². The molecule has 0 N–H and O–H groups in total. The highest BCUT2D eigenvalue weighted by molar-refractivity contribution is 5.83. The van der Waals surface area contributed by atoms with Crippen LogP contribution in [0.15, 0.2) is 65.8 Å². The quantitative estimate of drug-likeness (QED) is 0.335. The van der Waals surface area contributed by atoms with Crippen LogP contribution in [0.4, 0.5) is 0 Å². The van der Waals surface area contributed by atoms with Gasteiger partial charge < -0.3 is 14.6 Å². The summed E-state index contributed by atoms with van der Waals surface area (Å²) < 4.78 is 7.43. The molecule has 2 unspecified atom stereocenters. The van der Waals surface area contributed by atoms with Crippen molar-refractivity contribution in [1.82, 2.24) is 0 Å². The first-order chi connectivity index (χ1) is 17.3. The second-order valence-electron chi connectivity index (χ2n) is 13.5. The van der Waals surface area contributed by atoms with E-state index in [1.807, 2.05) is 7.05 Å². The minimum Gasteiger partial charge on any atom is -0.633 e. The number of fused-ring (bicyclic) bond motifs is 2. The summed E-state index contributed by atoms with van der Waals surface area (Å²) in [5, 5.41) is 16.3. The molecule has 4 fully saturated rings. The van der Waals surface area contributed by atoms with E-state index in [2.05, 4.69) is 61.5 Å². The predicted molar refractivity (Wildman–Crippen MR) is 144 cm³/mol. The van der Waals surface area contributed by atoms with Crippen LogP contribution >= 0.6 is 0 Å². The maximum atomic E-state index is 13.6. The van der Waals surface area contributed by atoms with E-state index in [4.69, 9.17) is 4.74 Å². The molecule has 1 saturated heterocycles. The van der Waals surface area contributed by atoms with Crippen molar-refractivity contribution in [1.29, 1.82) is 0 Å². The second-order valence-corrected chi connectivity index (χ2v) is 13.5. The number of rotatable bonds is 3. The van der Waals surface area contributed by atoms with Crippen molar-refractivity contribution in [2.24, 2.45) is 11.3 Å². The molecule has 2 aromatic rings. The molecule has 2 aliphatic heterocycles. The Hall–Kier alpha value is -1.94. The Labute approximate surface area is 215 Å². The lowest BCUT2D eigenvalue weighted by Gasteiger charge is -2.56. The van der Waals surface area contributed by atoms with Gasteiger partial charge >= 0.3 is 0 Å². The Kier molecular flexibility index (Phi) is 4.37. The first kappa shape index (κ1) is 22.1. The van der Waals surface area contributed by atoms with E-state index < -0.39 is 0 Å². The van der Waals surface area contributed by atoms with E-state index in [1.165, 1.54) is 40.3 Å². The summed E-state index contributed by atoms with van der Waals surface area (Å²) in [5.74, 6) is 1.12. The molecule has 4 aliphatic carbocycles. The van der Waals surface area contributed by atoms with Gasteiger partial charge in [-0.1, -0.05) is 61.5 Å². The number of quaternary nitrogens is 1. The SMILES string of the molecule is C[C@]12CC=C3C=C4CC[C@H]([N+](C)([O-])C5CC5)C[C@]45CCC3(O5)[C@@H]1CC[C@@H]2c1ccc2ccccc2c1. The van der Waals surface area contributed by atoms with Gasteiger partial charge in [-0.05, 0) is 83.3 Å². The van der Waals surface area contributed by atoms with Crippen molar-refractivity contribution in [2.75, 3.05) is 7.05 Å². The number of allylic oxidation sites excluding steroid dienone is 1. The minimum absolute atomic E-state index is 0.0285. The molecule has 3 saturated carbocycles. The van der Waals surface area contributed by atoms with Crippen molar-refractivity contribution < 1.29 is 9.38 Å². The normalized spacial score (nSPS) is 42.7. The van der Waals surface area contributed by atoms with Crippen LogP contribution < -0.4 is 0 Å². The molecular weight excluding hydrogens is 442 g/mol. The van der Waals surface area contributed by atoms with E-state index in [0.29, 0.717) is 17.9 Å². The van der Waals surface area contributed by atoms with Gasteiger partial charge in [0.1, 0.15) is 0 Å². The van der Waals surface area contributed by atoms with Crippen LogP contribution in [0.3, 0.4) is 0 Å². The summed E-state index contributed by atoms with van der Waals surface area (Å²) in [6.45, 7) is 2.56. The van der Waals surface area contributed by atoms with Crippen LogP contribution in [-0.2, 0) is 4.74 Å². The van der Waals surface area contributed by atoms with E-state index >= 15 is 0 Å². The van der Waals surface area contributed by atoms with Gasteiger partial charge in [-0.2, -0.15) is 0 Å². The molecule has 6 aliphatic rings. The zero-order valence-electron chi connectivity index (χ0n) is 21.8. The standard InChI is InChI=1S/C33H39NO2/c1-31-16-15-26-20-25-9-10-28(34(2,35)27-11-12-27)21-32(25)17-18-33(26,36-32)30(31)14-13-29(31)24-8-7-22-5-3-4-6-23(22)19-24/h3-8,15,19-20,27-30H,9-14,16-18,21H2,1-2H3/t28-,29+,30+,31+,32+,33?,34?/m0/s1. The molecule has 3 nitrogen and oxygen atoms in total. The second kappa shape index (κ2) is 7.12. The lowest BCUT2D eigenvalue weighted by atomic mass is 9.58. The fourth-order valence-corrected chi connectivity index (χ4v) is 9.68. The Morgan fingerprint density at radius 1 is 0.944 bits per heavy atom. The van der Waals surface area contributed by atoms with Crippen LogP contribution in [0.1, 0.15) is 82.6 Å². The number of hydrogen-bond donors (Lipinski definition) is 0. The number of hydroxylamine groups is 3. The van der Waals surface area contributed by atoms with E-state index in [9.17, 15) is 5.21 Å². The zero-order valence-corrected chi connectivity index (χ0v) is 21.8. The average molecular weight is 482 g/mol. The van der Waals surface area contributed by atoms with Crippen LogP contribution in [-0.4, -0.2) is 35.0 Å². The lowest BCUT2D eigenvalue weighted by Crippen LogP contribution is -2.58. The van der Waals surface area contributed by atoms with Crippen molar-refractivity contribution in [2.45, 2.75) is 100 Å². The Bertz CT molecular complexity index is 1320. The van der Waals surface area contributed by atoms with E-state index in [-0.39, 0.29) is 27.3 Å². The summed E-state index contributed by atoms with van der Waals surface area (Å²) in [5.41, 5.74) is 4.38. The third kappa shape index (κ3) is 2.80. The Morgan fingerprint density at radius 2 is 1.78 bits per heavy atom. The molecule has 2 spiro atoms. The van der Waals surface area contributed by atoms with Gasteiger partial charge in [-0.25, -0.2) is 0 Å². The highest BCUT2D eigenvalue weighted by atomic mass is 16.6. The number of ether oxygens (including phenoxy) is 1. The van der Waals surface area contributed by atoms with Gasteiger partial charge in [0.2, 0.25) is 0 Å². The fraction of sp³-hybridized carbons (Fsp3) is 0.576. The largest absolute Gasteiger partial charge is 0.633 e. The van der Waals surface area contributed by atoms with Crippen LogP contribution in [0.25, 0.3) is 10.8 Å². The van der Waals surface area contributed by atoms with Crippen LogP contribution in [0.2, 0.25) is 0 Å². The van der Waals surface area contributed by atoms with E-state index in [1.54, 1.807) is 0 Å². The minimum atomic E-state index is -0.182. The molecule has 0 radical (unpaired) electrons. The van der Waals surface area contributed by atoms with Crippen LogP contribution in [0.5, 0.6) is 0 Å². The molecule has 36 heavy (non-hydrogen) atoms. The summed E-state index contributed by atoms with van der Waals surface area (Å²) in [7, 11) is 1.95. The summed E-state index contributed by atoms with van der Waals surface area (Å²) in [4.78, 5) is 0. The summed E-state index contributed by atoms with van der Waals surface area (Å²) in [6.07, 6.45) is 16.2. The van der Waals surface area contributed by atoms with Gasteiger partial charge in [0.25, 0.3) is 0 Å². The maximum Gasteiger partial charge on any atom is 0.0975 e. The average Bonchev–Trinajstić information content (AvgIpc) is 3.63. The number of hydrogen-bond acceptors (Lipinski definition) is 2. The summed E-state index contributed by atoms with van der Waals surface area (Å²) >= 11 is 0. The molecule has 2 aromatic carbocycles. The third-order valence-electron chi connectivity index (χ3n) is 11.8. The molecule has 7 atom stereocenters. The number of benzene rings is 2. The third-order valence-corrected chi connectivity index (χ3v) is 11.8. The molecular formula is C33H39NO2. The van der Waals surface area contributed by atoms with Crippen molar-refractivity contribution in [3.05, 3.63) is 76.5 Å². The molecule has 2 bridgehead atoms. The van der Waals surface area contributed by atoms with Crippen molar-refractivity contribution >= 4 is 10.8 Å². The smallest absolute Gasteiger partial charge is 0.0975 e. The molecule has 3 heteroatoms. The summed E-state index contributed by atoms with van der Waals surface area (Å²) in [6, 6.07) is 16.5. The van der Waals surface area contributed by atoms with Gasteiger partial charge in [-0.3, -0.25) is 0 Å². The molecule has 0 amide bonds. The lowest BCUT2D eigenvalue weighted by molar-refractivity contribution is -0.899. The first-order valence-corrected chi connectivity index (χ1v) is 14.5. The molecule has 2 heterocycles. The van der Waals surface area contributed by atoms with Crippen molar-refractivity contribution in [3.63, 3.8) is 0 Å².